The number of hydrogen-bond acceptors (Lipinski definition) is 20. The number of piperidine rings is 1. The molecule has 16 atom stereocenters. The molecule has 3 amide bonds. The molecule has 1 aromatic heterocycles. The number of amides is 3. The van der Waals surface area contributed by atoms with Gasteiger partial charge in [-0.05, 0) is 108 Å². The summed E-state index contributed by atoms with van der Waals surface area (Å²) in [6.07, 6.45) is 11.0. The van der Waals surface area contributed by atoms with Crippen molar-refractivity contribution in [2.24, 2.45) is 35.3 Å². The van der Waals surface area contributed by atoms with Crippen molar-refractivity contribution >= 4 is 41.4 Å². The smallest absolute Gasteiger partial charge is 0.410 e. The number of anilines is 1. The zero-order valence-electron chi connectivity index (χ0n) is 54.9. The monoisotopic (exact) mass is 1260 g/mol. The summed E-state index contributed by atoms with van der Waals surface area (Å²) in [4.78, 5) is 100. The molecule has 1 aromatic rings. The molecule has 0 unspecified atom stereocenters. The van der Waals surface area contributed by atoms with Gasteiger partial charge in [-0.25, -0.2) is 19.6 Å². The molecule has 90 heavy (non-hydrogen) atoms. The van der Waals surface area contributed by atoms with E-state index in [0.29, 0.717) is 128 Å². The van der Waals surface area contributed by atoms with Gasteiger partial charge < -0.3 is 73.8 Å². The molecule has 5 N–H and O–H groups in total. The maximum absolute atomic E-state index is 14.8. The lowest BCUT2D eigenvalue weighted by Crippen LogP contribution is -2.61. The molecule has 0 aromatic carbocycles. The van der Waals surface area contributed by atoms with Gasteiger partial charge >= 0.3 is 12.1 Å². The number of hydrogen-bond donors (Lipinski definition) is 4. The standard InChI is InChI=1S/C67H103N7O16/c1-11-87-32-25-58(75)71-28-30-72(31-29-71)65-69-39-48-40-73(27-24-51(48)70-65)66(82)89-53-23-21-47(36-57(53)86-10)35-50(68)56-38-55(85-9)43(4)34-45(6)60(77)61(78)59(76)44(5)33-41(2)17-13-12-14-18-42(3)54(84-8)37-49-22-20-46(7)67(83,90-49)62(79)63(80)74-26-16-15-19-52(74)64(81)88-56/h12-14,17-18,34,39,41,43-44,46-47,49-50,52-57,60-61,77-78,83H,11,15-16,19-33,35-38,40,68H2,1-10H3/b14-12+,17-13+,42-18+,45-34+/t41-,43-,44-,46-,47+,49+,50-,52+,53-,54+,55-,56+,57-,60-,61+,67-/m1/s1. The fraction of sp³-hybridized carbons (Fsp3) is 0.731. The number of aliphatic hydroxyl groups is 3. The number of ether oxygens (including phenoxy) is 7. The van der Waals surface area contributed by atoms with Gasteiger partial charge in [0.1, 0.15) is 30.5 Å². The number of rotatable bonds is 12. The van der Waals surface area contributed by atoms with Crippen molar-refractivity contribution in [1.29, 1.82) is 0 Å². The first-order valence-corrected chi connectivity index (χ1v) is 32.8. The average Bonchev–Trinajstić information content (AvgIpc) is 1.04. The summed E-state index contributed by atoms with van der Waals surface area (Å²) >= 11 is 0. The molecule has 23 heteroatoms. The van der Waals surface area contributed by atoms with Gasteiger partial charge in [-0.15, -0.1) is 0 Å². The molecule has 3 saturated heterocycles. The molecule has 4 fully saturated rings. The van der Waals surface area contributed by atoms with E-state index in [1.165, 1.54) is 12.0 Å². The zero-order valence-corrected chi connectivity index (χ0v) is 54.9. The lowest BCUT2D eigenvalue weighted by atomic mass is 9.80. The lowest BCUT2D eigenvalue weighted by molar-refractivity contribution is -0.265. The summed E-state index contributed by atoms with van der Waals surface area (Å²) in [5.74, 6) is -7.21. The van der Waals surface area contributed by atoms with Crippen LogP contribution in [0.2, 0.25) is 0 Å². The number of methoxy groups -OCH3 is 3. The SMILES string of the molecule is CCOCCC(=O)N1CCN(c2ncc3c(n2)CCN(C(=O)O[C@@H]2CC[C@@H](C[C@@H](N)[C@@H]4C[C@@H](OC)[C@H](C)/C=C(\C)[C@@H](O)[C@@H](O)C(=O)[C@H](C)C[C@H](C)/C=C/C=C/C=C(\C)[C@@H](OC)C[C@@H]5CC[C@@H](C)[C@@](O)(O5)C(=O)C(=O)N5CCCC[C@H]5C(=O)O4)C[C@H]2OC)C3)CC1. The second-order valence-electron chi connectivity index (χ2n) is 26.0. The van der Waals surface area contributed by atoms with E-state index in [1.54, 1.807) is 52.2 Å². The molecule has 1 aliphatic carbocycles. The van der Waals surface area contributed by atoms with Gasteiger partial charge in [0.25, 0.3) is 11.7 Å². The van der Waals surface area contributed by atoms with E-state index >= 15 is 0 Å². The summed E-state index contributed by atoms with van der Waals surface area (Å²) in [5, 5.41) is 34.8. The number of aromatic nitrogens is 2. The van der Waals surface area contributed by atoms with Crippen LogP contribution >= 0.6 is 0 Å². The normalized spacial score (nSPS) is 35.0. The predicted molar refractivity (Wildman–Crippen MR) is 335 cm³/mol. The van der Waals surface area contributed by atoms with Crippen molar-refractivity contribution < 1.29 is 77.2 Å². The van der Waals surface area contributed by atoms with E-state index in [2.05, 4.69) is 9.88 Å². The molecule has 0 spiro atoms. The zero-order chi connectivity index (χ0) is 65.4. The fourth-order valence-corrected chi connectivity index (χ4v) is 13.7. The highest BCUT2D eigenvalue weighted by Crippen LogP contribution is 2.38. The van der Waals surface area contributed by atoms with E-state index < -0.39 is 114 Å². The Hall–Kier alpha value is -5.50. The molecule has 6 heterocycles. The van der Waals surface area contributed by atoms with E-state index in [1.807, 2.05) is 63.0 Å². The number of carbonyl (C=O) groups excluding carboxylic acids is 6. The quantitative estimate of drug-likeness (QED) is 0.0841. The minimum absolute atomic E-state index is 0.0478. The van der Waals surface area contributed by atoms with Gasteiger partial charge in [-0.3, -0.25) is 19.2 Å². The van der Waals surface area contributed by atoms with Crippen molar-refractivity contribution in [3.8, 4) is 0 Å². The van der Waals surface area contributed by atoms with Crippen LogP contribution in [-0.4, -0.2) is 216 Å². The Morgan fingerprint density at radius 1 is 0.811 bits per heavy atom. The van der Waals surface area contributed by atoms with Crippen LogP contribution in [-0.2, 0) is 70.1 Å². The minimum atomic E-state index is -2.47. The van der Waals surface area contributed by atoms with Gasteiger partial charge in [0, 0.05) is 122 Å². The Kier molecular flexibility index (Phi) is 27.1. The molecule has 502 valence electrons. The van der Waals surface area contributed by atoms with E-state index in [0.717, 1.165) is 16.8 Å². The largest absolute Gasteiger partial charge is 0.459 e. The Morgan fingerprint density at radius 2 is 1.56 bits per heavy atom. The van der Waals surface area contributed by atoms with Gasteiger partial charge in [0.15, 0.2) is 5.78 Å². The number of esters is 1. The molecule has 23 nitrogen and oxygen atoms in total. The summed E-state index contributed by atoms with van der Waals surface area (Å²) < 4.78 is 42.2. The lowest BCUT2D eigenvalue weighted by Gasteiger charge is -2.43. The van der Waals surface area contributed by atoms with Crippen LogP contribution in [0.3, 0.4) is 0 Å². The fourth-order valence-electron chi connectivity index (χ4n) is 13.7. The maximum Gasteiger partial charge on any atom is 0.410 e. The first-order valence-electron chi connectivity index (χ1n) is 32.8. The number of aliphatic hydroxyl groups excluding tert-OH is 2. The Bertz CT molecular complexity index is 2720. The number of nitrogens with two attached hydrogens (primary N) is 1. The van der Waals surface area contributed by atoms with Crippen molar-refractivity contribution in [3.05, 3.63) is 65.1 Å². The number of nitrogens with zero attached hydrogens (tertiary/aromatic N) is 6. The van der Waals surface area contributed by atoms with Gasteiger partial charge in [0.05, 0.1) is 49.7 Å². The van der Waals surface area contributed by atoms with Crippen molar-refractivity contribution in [3.63, 3.8) is 0 Å². The highest BCUT2D eigenvalue weighted by Gasteiger charge is 2.53. The number of cyclic esters (lactones) is 1. The molecular formula is C67H103N7O16. The minimum Gasteiger partial charge on any atom is -0.459 e. The number of Topliss-reactive ketones (excluding diaryl/α,β-unsaturated/α-hetero) is 2. The molecule has 1 saturated carbocycles. The number of carbonyl (C=O) groups is 6. The van der Waals surface area contributed by atoms with E-state index in [9.17, 15) is 44.1 Å². The average molecular weight is 1260 g/mol. The maximum atomic E-state index is 14.8. The number of ketones is 2. The van der Waals surface area contributed by atoms with Gasteiger partial charge in [0.2, 0.25) is 17.6 Å². The third kappa shape index (κ3) is 18.6. The summed E-state index contributed by atoms with van der Waals surface area (Å²) in [7, 11) is 4.65. The summed E-state index contributed by atoms with van der Waals surface area (Å²) in [6.45, 7) is 16.7. The second-order valence-corrected chi connectivity index (χ2v) is 26.0. The van der Waals surface area contributed by atoms with Crippen LogP contribution in [0.1, 0.15) is 143 Å². The number of fused-ring (bicyclic) bond motifs is 4. The van der Waals surface area contributed by atoms with E-state index in [-0.39, 0.29) is 50.1 Å². The van der Waals surface area contributed by atoms with Crippen LogP contribution in [0.5, 0.6) is 0 Å². The molecule has 7 rings (SSSR count). The molecule has 5 aliphatic heterocycles. The molecule has 6 aliphatic rings. The topological polar surface area (TPSA) is 292 Å². The Balaban J connectivity index is 1.06. The van der Waals surface area contributed by atoms with Crippen molar-refractivity contribution in [2.75, 3.05) is 78.7 Å². The first-order chi connectivity index (χ1) is 43.0. The third-order valence-corrected chi connectivity index (χ3v) is 19.4. The van der Waals surface area contributed by atoms with E-state index in [4.69, 9.17) is 43.9 Å². The number of allylic oxidation sites excluding steroid dienone is 5. The first kappa shape index (κ1) is 71.9. The van der Waals surface area contributed by atoms with Crippen LogP contribution in [0.25, 0.3) is 0 Å². The third-order valence-electron chi connectivity index (χ3n) is 19.4. The van der Waals surface area contributed by atoms with Crippen LogP contribution in [0, 0.1) is 29.6 Å². The van der Waals surface area contributed by atoms with Crippen LogP contribution in [0.15, 0.2) is 53.8 Å². The summed E-state index contributed by atoms with van der Waals surface area (Å²) in [6, 6.07) is -2.01. The van der Waals surface area contributed by atoms with Crippen molar-refractivity contribution in [1.82, 2.24) is 24.7 Å². The molecule has 2 bridgehead atoms. The van der Waals surface area contributed by atoms with Gasteiger partial charge in [-0.1, -0.05) is 64.2 Å². The Morgan fingerprint density at radius 3 is 2.27 bits per heavy atom. The summed E-state index contributed by atoms with van der Waals surface area (Å²) in [5.41, 5.74) is 10.1. The van der Waals surface area contributed by atoms with Crippen LogP contribution in [0.4, 0.5) is 10.7 Å². The van der Waals surface area contributed by atoms with Gasteiger partial charge in [-0.2, -0.15) is 0 Å². The highest BCUT2D eigenvalue weighted by atomic mass is 16.6. The Labute approximate surface area is 532 Å². The second kappa shape index (κ2) is 33.9. The highest BCUT2D eigenvalue weighted by molar-refractivity contribution is 6.39. The number of piperazine rings is 1. The molecular weight excluding hydrogens is 1160 g/mol. The molecule has 0 radical (unpaired) electrons. The van der Waals surface area contributed by atoms with Crippen molar-refractivity contribution in [2.45, 2.75) is 212 Å². The predicted octanol–water partition coefficient (Wildman–Crippen LogP) is 5.73. The van der Waals surface area contributed by atoms with Crippen LogP contribution < -0.4 is 10.6 Å².